The quantitative estimate of drug-likeness (QED) is 0.167. The molecule has 0 bridgehead atoms. The maximum atomic E-state index is 2.60. The number of benzene rings is 8. The van der Waals surface area contributed by atoms with Crippen molar-refractivity contribution in [2.45, 2.75) is 18.3 Å². The normalized spacial score (nSPS) is 16.0. The molecule has 8 aromatic rings. The number of fused-ring (bicyclic) bond motifs is 13. The Balaban J connectivity index is 1.11. The smallest absolute Gasteiger partial charge is 0.0731 e. The molecule has 1 spiro atoms. The summed E-state index contributed by atoms with van der Waals surface area (Å²) in [5, 5.41) is 0. The van der Waals surface area contributed by atoms with Gasteiger partial charge >= 0.3 is 0 Å². The third-order valence-electron chi connectivity index (χ3n) is 13.0. The maximum Gasteiger partial charge on any atom is 0.0731 e. The van der Waals surface area contributed by atoms with Crippen molar-refractivity contribution >= 4 is 11.1 Å². The van der Waals surface area contributed by atoms with Crippen molar-refractivity contribution in [3.8, 4) is 44.5 Å². The highest BCUT2D eigenvalue weighted by Crippen LogP contribution is 2.64. The van der Waals surface area contributed by atoms with Gasteiger partial charge in [-0.3, -0.25) is 0 Å². The van der Waals surface area contributed by atoms with Crippen LogP contribution < -0.4 is 0 Å². The molecule has 8 aromatic carbocycles. The summed E-state index contributed by atoms with van der Waals surface area (Å²) in [7, 11) is 0. The second-order valence-electron chi connectivity index (χ2n) is 15.8. The van der Waals surface area contributed by atoms with E-state index in [9.17, 15) is 0 Å². The summed E-state index contributed by atoms with van der Waals surface area (Å²) >= 11 is 0. The second kappa shape index (κ2) is 12.1. The predicted octanol–water partition coefficient (Wildman–Crippen LogP) is 13.8. The summed E-state index contributed by atoms with van der Waals surface area (Å²) in [4.78, 5) is 0. The van der Waals surface area contributed by atoms with Gasteiger partial charge in [-0.05, 0) is 124 Å². The van der Waals surface area contributed by atoms with E-state index in [0.717, 1.165) is 12.8 Å². The molecular weight excluding hydrogens is 673 g/mol. The Morgan fingerprint density at radius 3 is 1.68 bits per heavy atom. The van der Waals surface area contributed by atoms with Crippen LogP contribution >= 0.6 is 0 Å². The van der Waals surface area contributed by atoms with Gasteiger partial charge in [0, 0.05) is 0 Å². The van der Waals surface area contributed by atoms with Gasteiger partial charge in [-0.2, -0.15) is 0 Å². The third kappa shape index (κ3) is 4.30. The molecule has 4 aliphatic rings. The lowest BCUT2D eigenvalue weighted by atomic mass is 9.68. The van der Waals surface area contributed by atoms with Gasteiger partial charge in [0.15, 0.2) is 0 Å². The summed E-state index contributed by atoms with van der Waals surface area (Å²) < 4.78 is 0. The van der Waals surface area contributed by atoms with Crippen LogP contribution in [0.5, 0.6) is 0 Å². The first-order chi connectivity index (χ1) is 27.8. The van der Waals surface area contributed by atoms with Crippen LogP contribution in [0.1, 0.15) is 56.5 Å². The van der Waals surface area contributed by atoms with E-state index in [1.807, 2.05) is 0 Å². The van der Waals surface area contributed by atoms with Crippen molar-refractivity contribution in [3.63, 3.8) is 0 Å². The fourth-order valence-corrected chi connectivity index (χ4v) is 10.9. The molecule has 56 heavy (non-hydrogen) atoms. The fraction of sp³-hybridized carbons (Fsp3) is 0.0714. The van der Waals surface area contributed by atoms with Crippen LogP contribution in [0.2, 0.25) is 0 Å². The van der Waals surface area contributed by atoms with Crippen LogP contribution in [-0.4, -0.2) is 0 Å². The average molecular weight is 711 g/mol. The van der Waals surface area contributed by atoms with E-state index in [-0.39, 0.29) is 0 Å². The molecule has 0 saturated carbocycles. The molecule has 0 radical (unpaired) electrons. The zero-order valence-electron chi connectivity index (χ0n) is 31.0. The number of rotatable bonds is 5. The van der Waals surface area contributed by atoms with E-state index < -0.39 is 5.41 Å². The highest BCUT2D eigenvalue weighted by Gasteiger charge is 2.52. The van der Waals surface area contributed by atoms with Gasteiger partial charge in [-0.25, -0.2) is 0 Å². The maximum absolute atomic E-state index is 2.60. The Hall–Kier alpha value is -6.76. The van der Waals surface area contributed by atoms with Crippen LogP contribution in [0.25, 0.3) is 55.7 Å². The summed E-state index contributed by atoms with van der Waals surface area (Å²) in [6.07, 6.45) is 7.15. The monoisotopic (exact) mass is 710 g/mol. The van der Waals surface area contributed by atoms with E-state index in [1.165, 1.54) is 106 Å². The van der Waals surface area contributed by atoms with E-state index in [4.69, 9.17) is 0 Å². The third-order valence-corrected chi connectivity index (χ3v) is 13.0. The fourth-order valence-electron chi connectivity index (χ4n) is 10.9. The summed E-state index contributed by atoms with van der Waals surface area (Å²) in [6, 6.07) is 70.5. The Morgan fingerprint density at radius 2 is 0.964 bits per heavy atom. The lowest BCUT2D eigenvalue weighted by Gasteiger charge is -2.33. The highest BCUT2D eigenvalue weighted by molar-refractivity contribution is 6.03. The van der Waals surface area contributed by atoms with E-state index in [0.29, 0.717) is 5.92 Å². The van der Waals surface area contributed by atoms with Crippen LogP contribution in [0, 0.1) is 5.92 Å². The molecule has 0 nitrogen and oxygen atoms in total. The van der Waals surface area contributed by atoms with E-state index in [1.54, 1.807) is 0 Å². The first-order valence-electron chi connectivity index (χ1n) is 20.0. The first-order valence-corrected chi connectivity index (χ1v) is 20.0. The summed E-state index contributed by atoms with van der Waals surface area (Å²) in [6.45, 7) is 0. The van der Waals surface area contributed by atoms with Crippen molar-refractivity contribution in [3.05, 3.63) is 250 Å². The van der Waals surface area contributed by atoms with E-state index in [2.05, 4.69) is 200 Å². The minimum absolute atomic E-state index is 0.369. The molecule has 0 N–H and O–H groups in total. The van der Waals surface area contributed by atoms with Crippen LogP contribution in [0.4, 0.5) is 0 Å². The lowest BCUT2D eigenvalue weighted by molar-refractivity contribution is 0.653. The van der Waals surface area contributed by atoms with Crippen molar-refractivity contribution < 1.29 is 0 Å². The lowest BCUT2D eigenvalue weighted by Crippen LogP contribution is -2.27. The molecule has 0 aromatic heterocycles. The van der Waals surface area contributed by atoms with Crippen LogP contribution in [-0.2, 0) is 11.8 Å². The molecule has 0 heteroatoms. The molecule has 1 atom stereocenters. The minimum Gasteiger partial charge on any atom is -0.0754 e. The largest absolute Gasteiger partial charge is 0.0754 e. The zero-order chi connectivity index (χ0) is 36.8. The SMILES string of the molecule is C(CC1C=C2c3ccccc3-c3cccc(c32)C1)=C(c1ccccc1-c1ccccc1)c1cccc2c1C1(c3ccccc3-c3ccccc31)c1ccccc1-2. The Morgan fingerprint density at radius 1 is 0.446 bits per heavy atom. The van der Waals surface area contributed by atoms with Crippen molar-refractivity contribution in [1.29, 1.82) is 0 Å². The number of allylic oxidation sites excluding steroid dienone is 2. The standard InChI is InChI=1S/C56H38/c1-2-16-37(17-3-1)39-19-4-5-20-40(39)43(33-32-36-34-38-18-14-26-47-41-21-6-7-22-42(41)50(35-36)54(38)47)48-27-15-28-49-46-25-10-13-31-53(46)56(55(48)49)51-29-11-8-23-44(51)45-24-9-12-30-52(45)56/h1-31,33,35-36H,32,34H2. The van der Waals surface area contributed by atoms with E-state index >= 15 is 0 Å². The molecule has 0 aliphatic heterocycles. The van der Waals surface area contributed by atoms with Crippen molar-refractivity contribution in [2.24, 2.45) is 5.92 Å². The van der Waals surface area contributed by atoms with Gasteiger partial charge in [0.2, 0.25) is 0 Å². The number of hydrogen-bond donors (Lipinski definition) is 0. The molecule has 0 heterocycles. The Labute approximate surface area is 328 Å². The minimum atomic E-state index is -0.438. The first kappa shape index (κ1) is 31.6. The number of hydrogen-bond acceptors (Lipinski definition) is 0. The molecule has 12 rings (SSSR count). The average Bonchev–Trinajstić information content (AvgIpc) is 3.87. The molecule has 0 amide bonds. The van der Waals surface area contributed by atoms with Gasteiger partial charge in [-0.1, -0.05) is 200 Å². The van der Waals surface area contributed by atoms with Gasteiger partial charge in [0.1, 0.15) is 0 Å². The summed E-state index contributed by atoms with van der Waals surface area (Å²) in [5.41, 5.74) is 25.2. The Bertz CT molecular complexity index is 2910. The predicted molar refractivity (Wildman–Crippen MR) is 232 cm³/mol. The highest BCUT2D eigenvalue weighted by atomic mass is 14.5. The Kier molecular flexibility index (Phi) is 6.83. The van der Waals surface area contributed by atoms with Crippen LogP contribution in [0.3, 0.4) is 0 Å². The molecule has 4 aliphatic carbocycles. The topological polar surface area (TPSA) is 0 Å². The summed E-state index contributed by atoms with van der Waals surface area (Å²) in [5.74, 6) is 0.369. The van der Waals surface area contributed by atoms with Gasteiger partial charge in [0.05, 0.1) is 5.41 Å². The molecule has 1 unspecified atom stereocenters. The second-order valence-corrected chi connectivity index (χ2v) is 15.8. The zero-order valence-corrected chi connectivity index (χ0v) is 31.0. The molecule has 0 fully saturated rings. The molecular formula is C56H38. The molecule has 0 saturated heterocycles. The van der Waals surface area contributed by atoms with Crippen LogP contribution in [0.15, 0.2) is 200 Å². The van der Waals surface area contributed by atoms with Crippen molar-refractivity contribution in [1.82, 2.24) is 0 Å². The van der Waals surface area contributed by atoms with Gasteiger partial charge < -0.3 is 0 Å². The van der Waals surface area contributed by atoms with Gasteiger partial charge in [0.25, 0.3) is 0 Å². The van der Waals surface area contributed by atoms with Gasteiger partial charge in [-0.15, -0.1) is 0 Å². The molecule has 262 valence electrons. The van der Waals surface area contributed by atoms with Crippen molar-refractivity contribution in [2.75, 3.05) is 0 Å².